The van der Waals surface area contributed by atoms with E-state index in [2.05, 4.69) is 20.4 Å². The minimum atomic E-state index is -3.51. The molecule has 1 fully saturated rings. The number of pyridine rings is 1. The van der Waals surface area contributed by atoms with Crippen LogP contribution in [0.5, 0.6) is 5.75 Å². The fraction of sp³-hybridized carbons (Fsp3) is 0.579. The van der Waals surface area contributed by atoms with Gasteiger partial charge in [0.25, 0.3) is 5.91 Å². The fourth-order valence-corrected chi connectivity index (χ4v) is 4.39. The minimum Gasteiger partial charge on any atom is -0.488 e. The summed E-state index contributed by atoms with van der Waals surface area (Å²) in [6.07, 6.45) is 3.91. The van der Waals surface area contributed by atoms with Crippen molar-refractivity contribution in [2.45, 2.75) is 51.2 Å². The molecule has 0 aliphatic heterocycles. The lowest BCUT2D eigenvalue weighted by Gasteiger charge is -2.26. The summed E-state index contributed by atoms with van der Waals surface area (Å²) in [7, 11) is -3.51. The third kappa shape index (κ3) is 5.32. The van der Waals surface area contributed by atoms with E-state index in [4.69, 9.17) is 9.26 Å². The third-order valence-corrected chi connectivity index (χ3v) is 5.75. The van der Waals surface area contributed by atoms with Crippen LogP contribution in [0.1, 0.15) is 60.4 Å². The maximum atomic E-state index is 12.9. The molecule has 2 atom stereocenters. The number of nitrogens with zero attached hydrogens (tertiary/aromatic N) is 3. The largest absolute Gasteiger partial charge is 0.488 e. The van der Waals surface area contributed by atoms with E-state index in [0.717, 1.165) is 24.7 Å². The van der Waals surface area contributed by atoms with Gasteiger partial charge in [-0.05, 0) is 32.6 Å². The van der Waals surface area contributed by atoms with Crippen molar-refractivity contribution in [2.24, 2.45) is 0 Å². The molecule has 11 heteroatoms. The molecule has 9 nitrogen and oxygen atoms in total. The standard InChI is InChI=1S/C19H25FN4O5S/c1-11(8-20)28-16-7-15(21-9-14(16)13-5-6-13)17(25)23-19(3,10-30(4,26)27)18-22-12(2)29-24-18/h7,9,11,13H,5-6,8,10H2,1-4H3,(H,23,25)/t11-,19-/m0/s1. The molecule has 30 heavy (non-hydrogen) atoms. The van der Waals surface area contributed by atoms with E-state index in [0.29, 0.717) is 5.75 Å². The Morgan fingerprint density at radius 2 is 2.17 bits per heavy atom. The molecule has 0 spiro atoms. The first-order chi connectivity index (χ1) is 14.0. The van der Waals surface area contributed by atoms with Crippen molar-refractivity contribution in [3.05, 3.63) is 35.2 Å². The molecule has 1 N–H and O–H groups in total. The summed E-state index contributed by atoms with van der Waals surface area (Å²) in [6.45, 7) is 3.99. The van der Waals surface area contributed by atoms with Gasteiger partial charge in [0.1, 0.15) is 39.6 Å². The molecule has 0 aromatic carbocycles. The molecule has 0 radical (unpaired) electrons. The second-order valence-corrected chi connectivity index (χ2v) is 10.1. The van der Waals surface area contributed by atoms with Gasteiger partial charge in [0.15, 0.2) is 5.82 Å². The Labute approximate surface area is 174 Å². The van der Waals surface area contributed by atoms with E-state index in [1.54, 1.807) is 20.0 Å². The summed E-state index contributed by atoms with van der Waals surface area (Å²) < 4.78 is 47.5. The van der Waals surface area contributed by atoms with Crippen molar-refractivity contribution < 1.29 is 26.9 Å². The molecular formula is C19H25FN4O5S. The van der Waals surface area contributed by atoms with Crippen LogP contribution in [0.2, 0.25) is 0 Å². The van der Waals surface area contributed by atoms with Gasteiger partial charge in [0.05, 0.1) is 5.75 Å². The van der Waals surface area contributed by atoms with Crippen LogP contribution in [0.4, 0.5) is 4.39 Å². The van der Waals surface area contributed by atoms with E-state index < -0.39 is 39.8 Å². The summed E-state index contributed by atoms with van der Waals surface area (Å²) in [5.74, 6) is -0.105. The van der Waals surface area contributed by atoms with Gasteiger partial charge in [0, 0.05) is 31.0 Å². The average Bonchev–Trinajstić information content (AvgIpc) is 3.39. The van der Waals surface area contributed by atoms with Crippen molar-refractivity contribution in [3.8, 4) is 5.75 Å². The highest BCUT2D eigenvalue weighted by atomic mass is 32.2. The second-order valence-electron chi connectivity index (χ2n) is 7.96. The first-order valence-corrected chi connectivity index (χ1v) is 11.6. The number of sulfone groups is 1. The summed E-state index contributed by atoms with van der Waals surface area (Å²) in [6, 6.07) is 1.46. The number of rotatable bonds is 9. The lowest BCUT2D eigenvalue weighted by Crippen LogP contribution is -2.49. The highest BCUT2D eigenvalue weighted by Crippen LogP contribution is 2.44. The monoisotopic (exact) mass is 440 g/mol. The van der Waals surface area contributed by atoms with Crippen LogP contribution >= 0.6 is 0 Å². The van der Waals surface area contributed by atoms with Crippen LogP contribution in [0.25, 0.3) is 0 Å². The van der Waals surface area contributed by atoms with Gasteiger partial charge in [-0.25, -0.2) is 12.8 Å². The van der Waals surface area contributed by atoms with Gasteiger partial charge in [-0.15, -0.1) is 0 Å². The molecular weight excluding hydrogens is 415 g/mol. The molecule has 0 bridgehead atoms. The zero-order valence-corrected chi connectivity index (χ0v) is 18.1. The number of carbonyl (C=O) groups excluding carboxylic acids is 1. The third-order valence-electron chi connectivity index (χ3n) is 4.65. The SMILES string of the molecule is Cc1nc([C@](C)(CS(C)(=O)=O)NC(=O)c2cc(O[C@@H](C)CF)c(C3CC3)cn2)no1. The Bertz CT molecular complexity index is 1040. The molecule has 164 valence electrons. The lowest BCUT2D eigenvalue weighted by molar-refractivity contribution is 0.0902. The number of hydrogen-bond donors (Lipinski definition) is 1. The topological polar surface area (TPSA) is 124 Å². The van der Waals surface area contributed by atoms with Crippen LogP contribution in [0.15, 0.2) is 16.8 Å². The summed E-state index contributed by atoms with van der Waals surface area (Å²) >= 11 is 0. The molecule has 0 saturated heterocycles. The Balaban J connectivity index is 1.91. The predicted molar refractivity (Wildman–Crippen MR) is 106 cm³/mol. The fourth-order valence-electron chi connectivity index (χ4n) is 3.14. The number of halogens is 1. The Morgan fingerprint density at radius 3 is 2.70 bits per heavy atom. The van der Waals surface area contributed by atoms with Crippen LogP contribution in [0, 0.1) is 6.92 Å². The summed E-state index contributed by atoms with van der Waals surface area (Å²) in [4.78, 5) is 21.2. The minimum absolute atomic E-state index is 0.0143. The predicted octanol–water partition coefficient (Wildman–Crippen LogP) is 2.08. The maximum absolute atomic E-state index is 12.9. The van der Waals surface area contributed by atoms with E-state index in [1.165, 1.54) is 13.0 Å². The van der Waals surface area contributed by atoms with Crippen molar-refractivity contribution in [3.63, 3.8) is 0 Å². The number of carbonyl (C=O) groups is 1. The molecule has 2 heterocycles. The van der Waals surface area contributed by atoms with Gasteiger partial charge >= 0.3 is 0 Å². The summed E-state index contributed by atoms with van der Waals surface area (Å²) in [5, 5.41) is 6.44. The Morgan fingerprint density at radius 1 is 1.47 bits per heavy atom. The van der Waals surface area contributed by atoms with Crippen LogP contribution in [-0.4, -0.2) is 54.2 Å². The van der Waals surface area contributed by atoms with Gasteiger partial charge in [0.2, 0.25) is 5.89 Å². The van der Waals surface area contributed by atoms with Crippen molar-refractivity contribution in [1.82, 2.24) is 20.4 Å². The first kappa shape index (κ1) is 22.1. The number of aryl methyl sites for hydroxylation is 1. The highest BCUT2D eigenvalue weighted by Gasteiger charge is 2.38. The number of ether oxygens (including phenoxy) is 1. The average molecular weight is 440 g/mol. The molecule has 1 amide bonds. The number of aromatic nitrogens is 3. The van der Waals surface area contributed by atoms with Crippen molar-refractivity contribution >= 4 is 15.7 Å². The quantitative estimate of drug-likeness (QED) is 0.628. The molecule has 2 aromatic rings. The highest BCUT2D eigenvalue weighted by molar-refractivity contribution is 7.90. The molecule has 1 aliphatic carbocycles. The van der Waals surface area contributed by atoms with E-state index in [-0.39, 0.29) is 23.3 Å². The van der Waals surface area contributed by atoms with E-state index in [1.807, 2.05) is 0 Å². The van der Waals surface area contributed by atoms with Crippen LogP contribution in [0.3, 0.4) is 0 Å². The second kappa shape index (κ2) is 8.29. The summed E-state index contributed by atoms with van der Waals surface area (Å²) in [5.41, 5.74) is -0.591. The zero-order valence-electron chi connectivity index (χ0n) is 17.3. The van der Waals surface area contributed by atoms with Gasteiger partial charge in [-0.2, -0.15) is 4.98 Å². The van der Waals surface area contributed by atoms with E-state index >= 15 is 0 Å². The zero-order chi connectivity index (χ0) is 22.1. The van der Waals surface area contributed by atoms with Crippen molar-refractivity contribution in [1.29, 1.82) is 0 Å². The number of hydrogen-bond acceptors (Lipinski definition) is 8. The van der Waals surface area contributed by atoms with Gasteiger partial charge in [-0.3, -0.25) is 9.78 Å². The maximum Gasteiger partial charge on any atom is 0.270 e. The molecule has 0 unspecified atom stereocenters. The molecule has 1 aliphatic rings. The first-order valence-electron chi connectivity index (χ1n) is 9.54. The van der Waals surface area contributed by atoms with Gasteiger partial charge < -0.3 is 14.6 Å². The molecule has 3 rings (SSSR count). The molecule has 2 aromatic heterocycles. The lowest BCUT2D eigenvalue weighted by atomic mass is 10.0. The van der Waals surface area contributed by atoms with Crippen LogP contribution < -0.4 is 10.1 Å². The smallest absolute Gasteiger partial charge is 0.270 e. The number of amides is 1. The van der Waals surface area contributed by atoms with Gasteiger partial charge in [-0.1, -0.05) is 5.16 Å². The number of alkyl halides is 1. The van der Waals surface area contributed by atoms with Crippen molar-refractivity contribution in [2.75, 3.05) is 18.7 Å². The molecule has 1 saturated carbocycles. The normalized spacial score (nSPS) is 17.2. The Hall–Kier alpha value is -2.56. The van der Waals surface area contributed by atoms with E-state index in [9.17, 15) is 17.6 Å². The van der Waals surface area contributed by atoms with Crippen LogP contribution in [-0.2, 0) is 15.4 Å². The number of nitrogens with one attached hydrogen (secondary N) is 1. The Kier molecular flexibility index (Phi) is 6.11.